The van der Waals surface area contributed by atoms with Gasteiger partial charge in [0.05, 0.1) is 6.04 Å². The summed E-state index contributed by atoms with van der Waals surface area (Å²) in [6.07, 6.45) is 5.60. The molecule has 124 valence electrons. The summed E-state index contributed by atoms with van der Waals surface area (Å²) in [4.78, 5) is 26.8. The zero-order chi connectivity index (χ0) is 16.2. The Kier molecular flexibility index (Phi) is 4.96. The van der Waals surface area contributed by atoms with Crippen LogP contribution in [0.1, 0.15) is 48.5 Å². The Morgan fingerprint density at radius 2 is 1.96 bits per heavy atom. The van der Waals surface area contributed by atoms with E-state index < -0.39 is 0 Å². The number of nitrogens with zero attached hydrogens (tertiary/aromatic N) is 1. The van der Waals surface area contributed by atoms with Crippen LogP contribution in [0, 0.1) is 0 Å². The standard InChI is InChI=1S/C18H25N3O2/c1-13(21-11-4-2-3-5-12-21)17(22)20-16-8-6-7-15-14(16)9-10-19-18(15)23/h6-8,13H,2-5,9-12H2,1H3,(H,19,23)(H,20,22). The molecule has 1 fully saturated rings. The summed E-state index contributed by atoms with van der Waals surface area (Å²) in [6.45, 7) is 4.58. The summed E-state index contributed by atoms with van der Waals surface area (Å²) >= 11 is 0. The average Bonchev–Trinajstić information content (AvgIpc) is 2.84. The predicted molar refractivity (Wildman–Crippen MR) is 90.6 cm³/mol. The minimum absolute atomic E-state index is 0.0197. The largest absolute Gasteiger partial charge is 0.352 e. The van der Waals surface area contributed by atoms with Crippen LogP contribution in [0.4, 0.5) is 5.69 Å². The Morgan fingerprint density at radius 3 is 2.70 bits per heavy atom. The van der Waals surface area contributed by atoms with Gasteiger partial charge in [0.25, 0.3) is 5.91 Å². The van der Waals surface area contributed by atoms with Gasteiger partial charge < -0.3 is 10.6 Å². The van der Waals surface area contributed by atoms with Crippen LogP contribution >= 0.6 is 0 Å². The Morgan fingerprint density at radius 1 is 1.22 bits per heavy atom. The number of hydrogen-bond acceptors (Lipinski definition) is 3. The maximum atomic E-state index is 12.6. The number of nitrogens with one attached hydrogen (secondary N) is 2. The van der Waals surface area contributed by atoms with Gasteiger partial charge in [0.1, 0.15) is 0 Å². The highest BCUT2D eigenvalue weighted by Gasteiger charge is 2.24. The summed E-state index contributed by atoms with van der Waals surface area (Å²) in [5.41, 5.74) is 2.41. The van der Waals surface area contributed by atoms with E-state index in [1.807, 2.05) is 25.1 Å². The Hall–Kier alpha value is -1.88. The third kappa shape index (κ3) is 3.55. The van der Waals surface area contributed by atoms with Crippen LogP contribution in [0.5, 0.6) is 0 Å². The monoisotopic (exact) mass is 315 g/mol. The van der Waals surface area contributed by atoms with Gasteiger partial charge in [-0.3, -0.25) is 14.5 Å². The van der Waals surface area contributed by atoms with E-state index in [0.29, 0.717) is 12.1 Å². The Balaban J connectivity index is 1.72. The molecule has 1 saturated heterocycles. The second-order valence-corrected chi connectivity index (χ2v) is 6.45. The van der Waals surface area contributed by atoms with Gasteiger partial charge in [0.15, 0.2) is 0 Å². The van der Waals surface area contributed by atoms with Crippen molar-refractivity contribution in [2.24, 2.45) is 0 Å². The van der Waals surface area contributed by atoms with Crippen molar-refractivity contribution in [1.29, 1.82) is 0 Å². The summed E-state index contributed by atoms with van der Waals surface area (Å²) in [7, 11) is 0. The fourth-order valence-electron chi connectivity index (χ4n) is 3.47. The third-order valence-corrected chi connectivity index (χ3v) is 4.91. The van der Waals surface area contributed by atoms with Crippen LogP contribution < -0.4 is 10.6 Å². The Bertz CT molecular complexity index is 592. The molecular formula is C18H25N3O2. The number of hydrogen-bond donors (Lipinski definition) is 2. The first-order valence-corrected chi connectivity index (χ1v) is 8.62. The predicted octanol–water partition coefficient (Wildman–Crippen LogP) is 2.18. The number of fused-ring (bicyclic) bond motifs is 1. The number of rotatable bonds is 3. The second kappa shape index (κ2) is 7.13. The minimum atomic E-state index is -0.138. The molecule has 23 heavy (non-hydrogen) atoms. The van der Waals surface area contributed by atoms with Crippen LogP contribution in [0.25, 0.3) is 0 Å². The fourth-order valence-corrected chi connectivity index (χ4v) is 3.47. The van der Waals surface area contributed by atoms with Gasteiger partial charge in [0.2, 0.25) is 5.91 Å². The van der Waals surface area contributed by atoms with E-state index in [-0.39, 0.29) is 17.9 Å². The molecular weight excluding hydrogens is 290 g/mol. The van der Waals surface area contributed by atoms with Crippen molar-refractivity contribution in [3.8, 4) is 0 Å². The van der Waals surface area contributed by atoms with Crippen molar-refractivity contribution >= 4 is 17.5 Å². The first kappa shape index (κ1) is 16.0. The summed E-state index contributed by atoms with van der Waals surface area (Å²) in [5.74, 6) is -0.0332. The molecule has 0 bridgehead atoms. The zero-order valence-corrected chi connectivity index (χ0v) is 13.7. The van der Waals surface area contributed by atoms with Crippen molar-refractivity contribution in [3.05, 3.63) is 29.3 Å². The second-order valence-electron chi connectivity index (χ2n) is 6.45. The van der Waals surface area contributed by atoms with Crippen molar-refractivity contribution in [2.45, 2.75) is 45.1 Å². The first-order chi connectivity index (χ1) is 11.2. The maximum Gasteiger partial charge on any atom is 0.251 e. The maximum absolute atomic E-state index is 12.6. The molecule has 2 N–H and O–H groups in total. The summed E-state index contributed by atoms with van der Waals surface area (Å²) < 4.78 is 0. The van der Waals surface area contributed by atoms with E-state index in [4.69, 9.17) is 0 Å². The van der Waals surface area contributed by atoms with E-state index in [9.17, 15) is 9.59 Å². The van der Waals surface area contributed by atoms with Crippen molar-refractivity contribution < 1.29 is 9.59 Å². The van der Waals surface area contributed by atoms with Gasteiger partial charge >= 0.3 is 0 Å². The van der Waals surface area contributed by atoms with Gasteiger partial charge in [-0.05, 0) is 57.0 Å². The highest BCUT2D eigenvalue weighted by Crippen LogP contribution is 2.24. The normalized spacial score (nSPS) is 20.1. The molecule has 0 radical (unpaired) electrons. The molecule has 3 rings (SSSR count). The number of benzene rings is 1. The SMILES string of the molecule is CC(C(=O)Nc1cccc2c1CCNC2=O)N1CCCCCC1. The average molecular weight is 315 g/mol. The van der Waals surface area contributed by atoms with E-state index >= 15 is 0 Å². The Labute approximate surface area is 137 Å². The molecule has 0 spiro atoms. The molecule has 2 amide bonds. The molecule has 1 aromatic rings. The highest BCUT2D eigenvalue weighted by atomic mass is 16.2. The van der Waals surface area contributed by atoms with Crippen molar-refractivity contribution in [2.75, 3.05) is 25.0 Å². The third-order valence-electron chi connectivity index (χ3n) is 4.91. The number of carbonyl (C=O) groups is 2. The molecule has 5 heteroatoms. The van der Waals surface area contributed by atoms with Gasteiger partial charge in [-0.1, -0.05) is 18.9 Å². The van der Waals surface area contributed by atoms with Crippen LogP contribution in [0.15, 0.2) is 18.2 Å². The molecule has 1 atom stereocenters. The quantitative estimate of drug-likeness (QED) is 0.899. The number of carbonyl (C=O) groups excluding carboxylic acids is 2. The molecule has 0 aliphatic carbocycles. The molecule has 1 aromatic carbocycles. The smallest absolute Gasteiger partial charge is 0.251 e. The van der Waals surface area contributed by atoms with Gasteiger partial charge in [-0.15, -0.1) is 0 Å². The van der Waals surface area contributed by atoms with E-state index in [1.54, 1.807) is 0 Å². The zero-order valence-electron chi connectivity index (χ0n) is 13.7. The van der Waals surface area contributed by atoms with Crippen LogP contribution in [0.3, 0.4) is 0 Å². The molecule has 2 heterocycles. The highest BCUT2D eigenvalue weighted by molar-refractivity contribution is 6.01. The molecule has 2 aliphatic heterocycles. The minimum Gasteiger partial charge on any atom is -0.352 e. The molecule has 5 nitrogen and oxygen atoms in total. The van der Waals surface area contributed by atoms with E-state index in [2.05, 4.69) is 15.5 Å². The fraction of sp³-hybridized carbons (Fsp3) is 0.556. The topological polar surface area (TPSA) is 61.4 Å². The molecule has 0 aromatic heterocycles. The first-order valence-electron chi connectivity index (χ1n) is 8.62. The molecule has 2 aliphatic rings. The van der Waals surface area contributed by atoms with Crippen molar-refractivity contribution in [1.82, 2.24) is 10.2 Å². The number of anilines is 1. The van der Waals surface area contributed by atoms with Crippen LogP contribution in [-0.2, 0) is 11.2 Å². The lowest BCUT2D eigenvalue weighted by Crippen LogP contribution is -2.43. The van der Waals surface area contributed by atoms with E-state index in [0.717, 1.165) is 30.8 Å². The van der Waals surface area contributed by atoms with Gasteiger partial charge in [-0.25, -0.2) is 0 Å². The lowest BCUT2D eigenvalue weighted by atomic mass is 9.98. The lowest BCUT2D eigenvalue weighted by molar-refractivity contribution is -0.120. The van der Waals surface area contributed by atoms with Gasteiger partial charge in [-0.2, -0.15) is 0 Å². The van der Waals surface area contributed by atoms with Gasteiger partial charge in [0, 0.05) is 17.8 Å². The van der Waals surface area contributed by atoms with E-state index in [1.165, 1.54) is 25.7 Å². The number of likely N-dealkylation sites (tertiary alicyclic amines) is 1. The van der Waals surface area contributed by atoms with Crippen LogP contribution in [-0.4, -0.2) is 42.4 Å². The molecule has 0 saturated carbocycles. The summed E-state index contributed by atoms with van der Waals surface area (Å²) in [5, 5.41) is 5.89. The summed E-state index contributed by atoms with van der Waals surface area (Å²) in [6, 6.07) is 5.40. The lowest BCUT2D eigenvalue weighted by Gasteiger charge is -2.27. The van der Waals surface area contributed by atoms with Crippen LogP contribution in [0.2, 0.25) is 0 Å². The number of amides is 2. The molecule has 1 unspecified atom stereocenters. The van der Waals surface area contributed by atoms with Crippen molar-refractivity contribution in [3.63, 3.8) is 0 Å².